The molecule has 5 atom stereocenters. The van der Waals surface area contributed by atoms with Gasteiger partial charge in [-0.2, -0.15) is 10.0 Å². The van der Waals surface area contributed by atoms with Crippen molar-refractivity contribution in [3.8, 4) is 11.5 Å². The van der Waals surface area contributed by atoms with Crippen molar-refractivity contribution in [3.63, 3.8) is 0 Å². The number of hydroxylamine groups is 2. The predicted molar refractivity (Wildman–Crippen MR) is 209 cm³/mol. The van der Waals surface area contributed by atoms with Crippen LogP contribution in [0.2, 0.25) is 0 Å². The Morgan fingerprint density at radius 1 is 0.807 bits per heavy atom. The van der Waals surface area contributed by atoms with Gasteiger partial charge in [-0.3, -0.25) is 14.2 Å². The Morgan fingerprint density at radius 3 is 1.91 bits per heavy atom. The Labute approximate surface area is 329 Å². The number of nitrogens with one attached hydrogen (secondary N) is 1. The minimum Gasteiger partial charge on any atom is -0.497 e. The summed E-state index contributed by atoms with van der Waals surface area (Å²) in [7, 11) is 3.15. The van der Waals surface area contributed by atoms with Crippen LogP contribution in [0.15, 0.2) is 126 Å². The number of morpholine rings is 1. The van der Waals surface area contributed by atoms with Crippen molar-refractivity contribution in [1.29, 1.82) is 0 Å². The molecule has 0 saturated carbocycles. The van der Waals surface area contributed by atoms with Crippen LogP contribution in [0.3, 0.4) is 0 Å². The van der Waals surface area contributed by atoms with Crippen LogP contribution >= 0.6 is 0 Å². The number of aliphatic hydroxyl groups is 3. The second-order valence-electron chi connectivity index (χ2n) is 13.8. The molecule has 0 bridgehead atoms. The monoisotopic (exact) mass is 778 g/mol. The molecule has 298 valence electrons. The Bertz CT molecular complexity index is 2100. The van der Waals surface area contributed by atoms with Crippen LogP contribution in [0.1, 0.15) is 39.7 Å². The molecule has 14 nitrogen and oxygen atoms in total. The highest BCUT2D eigenvalue weighted by atomic mass is 16.7. The van der Waals surface area contributed by atoms with Crippen molar-refractivity contribution in [1.82, 2.24) is 14.6 Å². The molecule has 57 heavy (non-hydrogen) atoms. The molecule has 2 aliphatic heterocycles. The van der Waals surface area contributed by atoms with Gasteiger partial charge < -0.3 is 39.6 Å². The van der Waals surface area contributed by atoms with Crippen molar-refractivity contribution in [3.05, 3.63) is 154 Å². The third kappa shape index (κ3) is 7.56. The van der Waals surface area contributed by atoms with E-state index in [1.165, 1.54) is 12.3 Å². The molecule has 0 radical (unpaired) electrons. The van der Waals surface area contributed by atoms with Gasteiger partial charge in [-0.15, -0.1) is 0 Å². The van der Waals surface area contributed by atoms with E-state index in [-0.39, 0.29) is 12.2 Å². The van der Waals surface area contributed by atoms with Gasteiger partial charge in [0.2, 0.25) is 0 Å². The fraction of sp³-hybridized carbons (Fsp3) is 0.326. The highest BCUT2D eigenvalue weighted by Crippen LogP contribution is 2.56. The molecular weight excluding hydrogens is 732 g/mol. The van der Waals surface area contributed by atoms with Crippen LogP contribution in [0.5, 0.6) is 11.5 Å². The lowest BCUT2D eigenvalue weighted by Crippen LogP contribution is -2.67. The summed E-state index contributed by atoms with van der Waals surface area (Å²) in [5.74, 6) is 0.721. The molecule has 7 rings (SSSR count). The van der Waals surface area contributed by atoms with Crippen LogP contribution in [0, 0.1) is 0 Å². The van der Waals surface area contributed by atoms with Gasteiger partial charge in [0.05, 0.1) is 32.8 Å². The van der Waals surface area contributed by atoms with E-state index in [1.807, 2.05) is 78.9 Å². The second-order valence-corrected chi connectivity index (χ2v) is 13.8. The zero-order valence-corrected chi connectivity index (χ0v) is 31.6. The minimum absolute atomic E-state index is 0.0120. The van der Waals surface area contributed by atoms with Crippen molar-refractivity contribution in [2.45, 2.75) is 42.0 Å². The van der Waals surface area contributed by atoms with Gasteiger partial charge >= 0.3 is 5.69 Å². The zero-order chi connectivity index (χ0) is 40.0. The van der Waals surface area contributed by atoms with Crippen LogP contribution in [-0.2, 0) is 19.7 Å². The summed E-state index contributed by atoms with van der Waals surface area (Å²) in [5.41, 5.74) is -1.56. The maximum atomic E-state index is 13.7. The summed E-state index contributed by atoms with van der Waals surface area (Å²) in [6.07, 6.45) is -5.02. The number of amides is 1. The van der Waals surface area contributed by atoms with Crippen molar-refractivity contribution >= 4 is 11.7 Å². The first-order chi connectivity index (χ1) is 27.7. The predicted octanol–water partition coefficient (Wildman–Crippen LogP) is 3.55. The minimum atomic E-state index is -1.76. The van der Waals surface area contributed by atoms with E-state index in [0.717, 1.165) is 4.57 Å². The van der Waals surface area contributed by atoms with E-state index < -0.39 is 53.8 Å². The van der Waals surface area contributed by atoms with Gasteiger partial charge in [0.1, 0.15) is 41.2 Å². The van der Waals surface area contributed by atoms with Crippen LogP contribution in [0.25, 0.3) is 0 Å². The van der Waals surface area contributed by atoms with E-state index in [4.69, 9.17) is 23.8 Å². The molecule has 0 aliphatic carbocycles. The Balaban J connectivity index is 1.42. The summed E-state index contributed by atoms with van der Waals surface area (Å²) in [6, 6.07) is 34.3. The Morgan fingerprint density at radius 2 is 1.37 bits per heavy atom. The molecule has 14 heteroatoms. The van der Waals surface area contributed by atoms with E-state index in [9.17, 15) is 24.9 Å². The molecule has 5 aromatic rings. The molecule has 1 aromatic heterocycles. The topological polar surface area (TPSA) is 174 Å². The first-order valence-electron chi connectivity index (χ1n) is 18.7. The normalized spacial score (nSPS) is 21.1. The Hall–Kier alpha value is -5.45. The molecule has 1 amide bonds. The zero-order valence-electron chi connectivity index (χ0n) is 31.6. The first-order valence-corrected chi connectivity index (χ1v) is 18.7. The smallest absolute Gasteiger partial charge is 0.351 e. The third-order valence-corrected chi connectivity index (χ3v) is 10.7. The van der Waals surface area contributed by atoms with Crippen LogP contribution in [0.4, 0.5) is 5.82 Å². The van der Waals surface area contributed by atoms with Gasteiger partial charge in [-0.1, -0.05) is 72.8 Å². The molecule has 2 saturated heterocycles. The number of aliphatic hydroxyl groups excluding tert-OH is 3. The molecule has 4 N–H and O–H groups in total. The largest absolute Gasteiger partial charge is 0.497 e. The average molecular weight is 779 g/mol. The number of carbonyl (C=O) groups excluding carboxylic acids is 1. The second kappa shape index (κ2) is 17.4. The van der Waals surface area contributed by atoms with Crippen molar-refractivity contribution in [2.75, 3.05) is 52.4 Å². The summed E-state index contributed by atoms with van der Waals surface area (Å²) < 4.78 is 24.6. The number of hydrogen-bond acceptors (Lipinski definition) is 12. The first kappa shape index (κ1) is 39.8. The summed E-state index contributed by atoms with van der Waals surface area (Å²) in [5, 5.41) is 39.8. The number of aromatic nitrogens is 2. The lowest BCUT2D eigenvalue weighted by Gasteiger charge is -2.55. The average Bonchev–Trinajstić information content (AvgIpc) is 3.55. The lowest BCUT2D eigenvalue weighted by molar-refractivity contribution is -0.319. The molecule has 1 unspecified atom stereocenters. The fourth-order valence-corrected chi connectivity index (χ4v) is 8.08. The summed E-state index contributed by atoms with van der Waals surface area (Å²) in [4.78, 5) is 37.9. The van der Waals surface area contributed by atoms with E-state index in [2.05, 4.69) is 10.3 Å². The standard InChI is InChI=1S/C43H46N4O10/c1-53-33-17-13-31(14-18-33)43(30-11-7-4-8-12-30,32-15-19-34(54-2)20-16-32)42(22-26-48,57-46-24-27-55-28-25-46)38-36(49)37(50)40(56-38)47-23-21-35(45-41(47)52)44-39(51)29-9-5-3-6-10-29/h3-21,23,36-38,40,48-50H,22,24-28H2,1-2H3,(H,44,45,51,52)/t36-,37+,38-,40+,42?/m0/s1. The summed E-state index contributed by atoms with van der Waals surface area (Å²) in [6.45, 7) is 0.962. The number of ether oxygens (including phenoxy) is 4. The quantitative estimate of drug-likeness (QED) is 0.121. The number of benzene rings is 4. The number of methoxy groups -OCH3 is 2. The number of hydrogen-bond donors (Lipinski definition) is 4. The van der Waals surface area contributed by atoms with Crippen molar-refractivity contribution in [2.24, 2.45) is 0 Å². The van der Waals surface area contributed by atoms with Gasteiger partial charge in [0, 0.05) is 37.9 Å². The van der Waals surface area contributed by atoms with Crippen LogP contribution in [-0.4, -0.2) is 107 Å². The molecule has 3 heterocycles. The molecule has 4 aromatic carbocycles. The summed E-state index contributed by atoms with van der Waals surface area (Å²) >= 11 is 0. The number of rotatable bonds is 14. The van der Waals surface area contributed by atoms with Gasteiger partial charge in [-0.05, 0) is 59.2 Å². The SMILES string of the molecule is COc1ccc(C(c2ccccc2)(c2ccc(OC)cc2)C(CCO)(ON2CCOCC2)[C@H]2O[C@@H](n3ccc(NC(=O)c4ccccc4)nc3=O)[C@H](O)[C@@H]2O)cc1. The Kier molecular flexibility index (Phi) is 12.1. The van der Waals surface area contributed by atoms with E-state index in [1.54, 1.807) is 49.6 Å². The molecular formula is C43H46N4O10. The highest BCUT2D eigenvalue weighted by molar-refractivity contribution is 6.03. The van der Waals surface area contributed by atoms with Crippen molar-refractivity contribution < 1.29 is 43.9 Å². The van der Waals surface area contributed by atoms with Gasteiger partial charge in [-0.25, -0.2) is 4.79 Å². The number of carbonyl (C=O) groups is 1. The fourth-order valence-electron chi connectivity index (χ4n) is 8.08. The number of nitrogens with zero attached hydrogens (tertiary/aromatic N) is 3. The number of anilines is 1. The molecule has 2 fully saturated rings. The van der Waals surface area contributed by atoms with Gasteiger partial charge in [0.15, 0.2) is 6.23 Å². The van der Waals surface area contributed by atoms with E-state index in [0.29, 0.717) is 60.1 Å². The molecule has 2 aliphatic rings. The maximum Gasteiger partial charge on any atom is 0.351 e. The third-order valence-electron chi connectivity index (χ3n) is 10.7. The van der Waals surface area contributed by atoms with E-state index >= 15 is 0 Å². The maximum absolute atomic E-state index is 13.7. The highest BCUT2D eigenvalue weighted by Gasteiger charge is 2.66. The molecule has 0 spiro atoms. The van der Waals surface area contributed by atoms with Crippen LogP contribution < -0.4 is 20.5 Å². The van der Waals surface area contributed by atoms with Gasteiger partial charge in [0.25, 0.3) is 5.91 Å². The lowest BCUT2D eigenvalue weighted by atomic mass is 9.56.